The largest absolute Gasteiger partial charge is 0.310 e. The van der Waals surface area contributed by atoms with Crippen LogP contribution >= 0.6 is 11.6 Å². The number of anilines is 1. The maximum atomic E-state index is 12.2. The highest BCUT2D eigenvalue weighted by Gasteiger charge is 2.30. The Kier molecular flexibility index (Phi) is 3.39. The number of aromatic nitrogens is 2. The Balaban J connectivity index is 1.83. The third kappa shape index (κ3) is 2.51. The lowest BCUT2D eigenvalue weighted by molar-refractivity contribution is -0.116. The van der Waals surface area contributed by atoms with E-state index in [1.807, 2.05) is 60.8 Å². The van der Waals surface area contributed by atoms with Gasteiger partial charge in [-0.1, -0.05) is 48.0 Å². The van der Waals surface area contributed by atoms with Crippen LogP contribution in [0.3, 0.4) is 0 Å². The van der Waals surface area contributed by atoms with E-state index in [1.165, 1.54) is 0 Å². The molecule has 0 bridgehead atoms. The number of hydrogen-bond acceptors (Lipinski definition) is 2. The van der Waals surface area contributed by atoms with E-state index in [1.54, 1.807) is 4.68 Å². The zero-order chi connectivity index (χ0) is 15.8. The molecule has 4 rings (SSSR count). The minimum Gasteiger partial charge on any atom is -0.310 e. The first-order valence-corrected chi connectivity index (χ1v) is 7.79. The first-order valence-electron chi connectivity index (χ1n) is 7.41. The zero-order valence-corrected chi connectivity index (χ0v) is 13.0. The fourth-order valence-corrected chi connectivity index (χ4v) is 3.19. The highest BCUT2D eigenvalue weighted by molar-refractivity contribution is 6.30. The molecule has 3 aromatic rings. The van der Waals surface area contributed by atoms with Gasteiger partial charge in [0.1, 0.15) is 5.82 Å². The second kappa shape index (κ2) is 5.56. The molecule has 0 saturated heterocycles. The van der Waals surface area contributed by atoms with Gasteiger partial charge in [0, 0.05) is 22.9 Å². The number of halogens is 1. The molecule has 0 fully saturated rings. The van der Waals surface area contributed by atoms with Crippen LogP contribution in [0.2, 0.25) is 5.02 Å². The van der Waals surface area contributed by atoms with Crippen LogP contribution in [0.15, 0.2) is 60.8 Å². The number of nitrogens with zero attached hydrogens (tertiary/aromatic N) is 2. The molecule has 4 nitrogen and oxygen atoms in total. The molecule has 1 aliphatic heterocycles. The van der Waals surface area contributed by atoms with Crippen molar-refractivity contribution in [1.29, 1.82) is 0 Å². The van der Waals surface area contributed by atoms with Gasteiger partial charge in [-0.2, -0.15) is 5.10 Å². The predicted molar refractivity (Wildman–Crippen MR) is 90.1 cm³/mol. The van der Waals surface area contributed by atoms with Gasteiger partial charge < -0.3 is 5.32 Å². The van der Waals surface area contributed by atoms with Gasteiger partial charge in [-0.3, -0.25) is 4.79 Å². The van der Waals surface area contributed by atoms with Gasteiger partial charge in [0.05, 0.1) is 11.9 Å². The topological polar surface area (TPSA) is 46.9 Å². The van der Waals surface area contributed by atoms with Gasteiger partial charge in [-0.25, -0.2) is 4.68 Å². The molecule has 1 amide bonds. The van der Waals surface area contributed by atoms with Crippen LogP contribution in [0.4, 0.5) is 5.82 Å². The molecular weight excluding hydrogens is 310 g/mol. The summed E-state index contributed by atoms with van der Waals surface area (Å²) in [5.41, 5.74) is 2.97. The standard InChI is InChI=1S/C18H14ClN3O/c19-13-7-4-8-14(9-13)22-18-16(11-20-22)15(10-17(23)21-18)12-5-2-1-3-6-12/h1-9,11,15H,10H2,(H,21,23). The molecule has 23 heavy (non-hydrogen) atoms. The summed E-state index contributed by atoms with van der Waals surface area (Å²) in [5.74, 6) is 0.736. The fourth-order valence-electron chi connectivity index (χ4n) is 3.01. The number of rotatable bonds is 2. The lowest BCUT2D eigenvalue weighted by atomic mass is 9.87. The van der Waals surface area contributed by atoms with E-state index in [4.69, 9.17) is 11.6 Å². The van der Waals surface area contributed by atoms with E-state index in [-0.39, 0.29) is 11.8 Å². The molecule has 5 heteroatoms. The van der Waals surface area contributed by atoms with Gasteiger partial charge in [0.25, 0.3) is 0 Å². The van der Waals surface area contributed by atoms with E-state index in [0.29, 0.717) is 11.4 Å². The fraction of sp³-hybridized carbons (Fsp3) is 0.111. The summed E-state index contributed by atoms with van der Waals surface area (Å²) in [6.45, 7) is 0. The Labute approximate surface area is 138 Å². The quantitative estimate of drug-likeness (QED) is 0.775. The third-order valence-corrected chi connectivity index (χ3v) is 4.31. The molecule has 0 radical (unpaired) electrons. The average molecular weight is 324 g/mol. The Morgan fingerprint density at radius 1 is 1.13 bits per heavy atom. The van der Waals surface area contributed by atoms with Crippen molar-refractivity contribution in [3.05, 3.63) is 76.9 Å². The summed E-state index contributed by atoms with van der Waals surface area (Å²) in [6.07, 6.45) is 2.26. The van der Waals surface area contributed by atoms with E-state index in [2.05, 4.69) is 10.4 Å². The van der Waals surface area contributed by atoms with Crippen molar-refractivity contribution < 1.29 is 4.79 Å². The van der Waals surface area contributed by atoms with Crippen LogP contribution < -0.4 is 5.32 Å². The summed E-state index contributed by atoms with van der Waals surface area (Å²) in [6, 6.07) is 17.5. The molecule has 1 atom stereocenters. The monoisotopic (exact) mass is 323 g/mol. The molecule has 0 spiro atoms. The number of carbonyl (C=O) groups excluding carboxylic acids is 1. The van der Waals surface area contributed by atoms with Crippen LogP contribution in [0.1, 0.15) is 23.5 Å². The average Bonchev–Trinajstić information content (AvgIpc) is 2.98. The molecule has 0 aliphatic carbocycles. The van der Waals surface area contributed by atoms with Crippen molar-refractivity contribution in [2.45, 2.75) is 12.3 Å². The number of nitrogens with one attached hydrogen (secondary N) is 1. The minimum absolute atomic E-state index is 0.00451. The summed E-state index contributed by atoms with van der Waals surface area (Å²) in [5, 5.41) is 8.04. The van der Waals surface area contributed by atoms with Crippen molar-refractivity contribution in [1.82, 2.24) is 9.78 Å². The van der Waals surface area contributed by atoms with Crippen molar-refractivity contribution in [2.24, 2.45) is 0 Å². The third-order valence-electron chi connectivity index (χ3n) is 4.07. The van der Waals surface area contributed by atoms with E-state index in [0.717, 1.165) is 22.6 Å². The van der Waals surface area contributed by atoms with Gasteiger partial charge >= 0.3 is 0 Å². The molecular formula is C18H14ClN3O. The van der Waals surface area contributed by atoms with Crippen LogP contribution in [-0.4, -0.2) is 15.7 Å². The van der Waals surface area contributed by atoms with Gasteiger partial charge in [-0.15, -0.1) is 0 Å². The maximum Gasteiger partial charge on any atom is 0.226 e. The Morgan fingerprint density at radius 2 is 1.96 bits per heavy atom. The maximum absolute atomic E-state index is 12.2. The molecule has 1 aliphatic rings. The van der Waals surface area contributed by atoms with Crippen LogP contribution in [-0.2, 0) is 4.79 Å². The second-order valence-corrected chi connectivity index (χ2v) is 5.99. The molecule has 0 saturated carbocycles. The second-order valence-electron chi connectivity index (χ2n) is 5.56. The van der Waals surface area contributed by atoms with Crippen molar-refractivity contribution >= 4 is 23.3 Å². The van der Waals surface area contributed by atoms with Gasteiger partial charge in [-0.05, 0) is 23.8 Å². The minimum atomic E-state index is -0.00451. The zero-order valence-electron chi connectivity index (χ0n) is 12.2. The first-order chi connectivity index (χ1) is 11.2. The van der Waals surface area contributed by atoms with Crippen molar-refractivity contribution in [3.63, 3.8) is 0 Å². The number of hydrogen-bond donors (Lipinski definition) is 1. The van der Waals surface area contributed by atoms with E-state index < -0.39 is 0 Å². The van der Waals surface area contributed by atoms with Gasteiger partial charge in [0.2, 0.25) is 5.91 Å². The first kappa shape index (κ1) is 14.0. The smallest absolute Gasteiger partial charge is 0.226 e. The predicted octanol–water partition coefficient (Wildman–Crippen LogP) is 4.00. The number of fused-ring (bicyclic) bond motifs is 1. The number of carbonyl (C=O) groups is 1. The molecule has 114 valence electrons. The summed E-state index contributed by atoms with van der Waals surface area (Å²) in [7, 11) is 0. The summed E-state index contributed by atoms with van der Waals surface area (Å²) < 4.78 is 1.73. The molecule has 2 aromatic carbocycles. The summed E-state index contributed by atoms with van der Waals surface area (Å²) in [4.78, 5) is 12.2. The molecule has 1 N–H and O–H groups in total. The van der Waals surface area contributed by atoms with Crippen LogP contribution in [0, 0.1) is 0 Å². The van der Waals surface area contributed by atoms with Crippen molar-refractivity contribution in [3.8, 4) is 5.69 Å². The van der Waals surface area contributed by atoms with Crippen LogP contribution in [0.25, 0.3) is 5.69 Å². The Morgan fingerprint density at radius 3 is 2.74 bits per heavy atom. The lowest BCUT2D eigenvalue weighted by Crippen LogP contribution is -2.24. The SMILES string of the molecule is O=C1CC(c2ccccc2)c2cnn(-c3cccc(Cl)c3)c2N1. The molecule has 1 aromatic heterocycles. The highest BCUT2D eigenvalue weighted by atomic mass is 35.5. The van der Waals surface area contributed by atoms with Gasteiger partial charge in [0.15, 0.2) is 0 Å². The number of benzene rings is 2. The van der Waals surface area contributed by atoms with Crippen LogP contribution in [0.5, 0.6) is 0 Å². The van der Waals surface area contributed by atoms with E-state index >= 15 is 0 Å². The number of amides is 1. The van der Waals surface area contributed by atoms with Crippen molar-refractivity contribution in [2.75, 3.05) is 5.32 Å². The molecule has 1 unspecified atom stereocenters. The Hall–Kier alpha value is -2.59. The summed E-state index contributed by atoms with van der Waals surface area (Å²) >= 11 is 6.07. The highest BCUT2D eigenvalue weighted by Crippen LogP contribution is 2.38. The van der Waals surface area contributed by atoms with E-state index in [9.17, 15) is 4.79 Å². The normalized spacial score (nSPS) is 16.7. The Bertz CT molecular complexity index is 873. The molecule has 2 heterocycles. The lowest BCUT2D eigenvalue weighted by Gasteiger charge is -2.23.